The molecular weight excluding hydrogens is 364 g/mol. The third-order valence-corrected chi connectivity index (χ3v) is 5.64. The molecule has 0 saturated heterocycles. The van der Waals surface area contributed by atoms with Crippen molar-refractivity contribution < 1.29 is 8.42 Å². The maximum absolute atomic E-state index is 12.5. The second-order valence-electron chi connectivity index (χ2n) is 6.19. The van der Waals surface area contributed by atoms with Gasteiger partial charge in [0.1, 0.15) is 10.7 Å². The number of H-pyrrole nitrogens is 1. The van der Waals surface area contributed by atoms with Crippen molar-refractivity contribution in [3.8, 4) is 0 Å². The molecule has 1 aromatic carbocycles. The van der Waals surface area contributed by atoms with E-state index in [9.17, 15) is 8.42 Å². The van der Waals surface area contributed by atoms with Gasteiger partial charge in [-0.15, -0.1) is 10.2 Å². The van der Waals surface area contributed by atoms with Crippen LogP contribution in [-0.2, 0) is 16.4 Å². The van der Waals surface area contributed by atoms with Gasteiger partial charge in [0.05, 0.1) is 11.4 Å². The number of hydrogen-bond donors (Lipinski definition) is 3. The van der Waals surface area contributed by atoms with E-state index in [0.29, 0.717) is 17.2 Å². The third-order valence-electron chi connectivity index (χ3n) is 4.02. The number of aromatic nitrogens is 4. The van der Waals surface area contributed by atoms with E-state index < -0.39 is 10.0 Å². The van der Waals surface area contributed by atoms with Crippen LogP contribution in [0.4, 0.5) is 11.6 Å². The Bertz CT molecular complexity index is 965. The second-order valence-corrected chi connectivity index (χ2v) is 7.81. The fraction of sp³-hybridized carbons (Fsp3) is 0.278. The van der Waals surface area contributed by atoms with Gasteiger partial charge in [0.15, 0.2) is 5.82 Å². The minimum Gasteiger partial charge on any atom is -0.369 e. The van der Waals surface area contributed by atoms with Crippen molar-refractivity contribution in [2.45, 2.75) is 31.6 Å². The molecule has 0 spiro atoms. The zero-order valence-electron chi connectivity index (χ0n) is 15.2. The molecule has 2 heterocycles. The number of aromatic amines is 1. The summed E-state index contributed by atoms with van der Waals surface area (Å²) in [7, 11) is -3.76. The molecule has 8 nitrogen and oxygen atoms in total. The Labute approximate surface area is 158 Å². The maximum atomic E-state index is 12.5. The lowest BCUT2D eigenvalue weighted by Crippen LogP contribution is -2.16. The molecule has 0 saturated carbocycles. The molecule has 0 fully saturated rings. The maximum Gasteiger partial charge on any atom is 0.266 e. The zero-order valence-corrected chi connectivity index (χ0v) is 16.0. The topological polar surface area (TPSA) is 113 Å². The molecule has 3 rings (SSSR count). The Morgan fingerprint density at radius 1 is 1.00 bits per heavy atom. The lowest BCUT2D eigenvalue weighted by atomic mass is 10.1. The summed E-state index contributed by atoms with van der Waals surface area (Å²) in [5.74, 6) is 0.756. The van der Waals surface area contributed by atoms with E-state index in [1.165, 1.54) is 5.56 Å². The molecule has 27 heavy (non-hydrogen) atoms. The van der Waals surface area contributed by atoms with Gasteiger partial charge in [0, 0.05) is 6.54 Å². The molecule has 142 valence electrons. The molecule has 0 amide bonds. The van der Waals surface area contributed by atoms with Crippen LogP contribution in [-0.4, -0.2) is 35.4 Å². The standard InChI is InChI=1S/C18H22N6O2S/c1-13-18(14(2)21-20-13)27(25,26)24-17-11-10-16(22-23-17)19-12-6-9-15-7-4-3-5-8-15/h3-5,7-8,10-11H,6,9,12H2,1-2H3,(H,19,22)(H,20,21)(H,23,24). The fourth-order valence-electron chi connectivity index (χ4n) is 2.76. The van der Waals surface area contributed by atoms with Gasteiger partial charge in [0.2, 0.25) is 0 Å². The lowest BCUT2D eigenvalue weighted by Gasteiger charge is -2.08. The highest BCUT2D eigenvalue weighted by molar-refractivity contribution is 7.92. The summed E-state index contributed by atoms with van der Waals surface area (Å²) in [4.78, 5) is 0.132. The van der Waals surface area contributed by atoms with E-state index in [1.54, 1.807) is 26.0 Å². The van der Waals surface area contributed by atoms with Crippen molar-refractivity contribution in [2.75, 3.05) is 16.6 Å². The first-order valence-electron chi connectivity index (χ1n) is 8.61. The highest BCUT2D eigenvalue weighted by Crippen LogP contribution is 2.19. The molecule has 0 atom stereocenters. The lowest BCUT2D eigenvalue weighted by molar-refractivity contribution is 0.600. The van der Waals surface area contributed by atoms with Crippen molar-refractivity contribution in [1.29, 1.82) is 0 Å². The number of sulfonamides is 1. The predicted molar refractivity (Wildman–Crippen MR) is 104 cm³/mol. The van der Waals surface area contributed by atoms with Crippen LogP contribution >= 0.6 is 0 Å². The minimum atomic E-state index is -3.76. The molecule has 0 aliphatic heterocycles. The van der Waals surface area contributed by atoms with Gasteiger partial charge in [-0.3, -0.25) is 9.82 Å². The summed E-state index contributed by atoms with van der Waals surface area (Å²) in [5, 5.41) is 17.7. The largest absolute Gasteiger partial charge is 0.369 e. The van der Waals surface area contributed by atoms with Gasteiger partial charge in [-0.05, 0) is 44.4 Å². The normalized spacial score (nSPS) is 11.3. The van der Waals surface area contributed by atoms with Crippen LogP contribution in [0.2, 0.25) is 0 Å². The molecule has 2 aromatic heterocycles. The quantitative estimate of drug-likeness (QED) is 0.513. The van der Waals surface area contributed by atoms with Gasteiger partial charge in [-0.1, -0.05) is 30.3 Å². The van der Waals surface area contributed by atoms with E-state index in [-0.39, 0.29) is 10.7 Å². The van der Waals surface area contributed by atoms with Crippen LogP contribution in [0.5, 0.6) is 0 Å². The molecular formula is C18H22N6O2S. The van der Waals surface area contributed by atoms with Crippen molar-refractivity contribution in [2.24, 2.45) is 0 Å². The van der Waals surface area contributed by atoms with Crippen LogP contribution < -0.4 is 10.0 Å². The van der Waals surface area contributed by atoms with E-state index in [2.05, 4.69) is 42.6 Å². The Balaban J connectivity index is 1.54. The first-order valence-corrected chi connectivity index (χ1v) is 10.1. The number of nitrogens with one attached hydrogen (secondary N) is 3. The average molecular weight is 386 g/mol. The van der Waals surface area contributed by atoms with E-state index >= 15 is 0 Å². The fourth-order valence-corrected chi connectivity index (χ4v) is 4.13. The molecule has 9 heteroatoms. The van der Waals surface area contributed by atoms with Gasteiger partial charge >= 0.3 is 0 Å². The monoisotopic (exact) mass is 386 g/mol. The van der Waals surface area contributed by atoms with Crippen molar-refractivity contribution in [3.63, 3.8) is 0 Å². The number of anilines is 2. The number of aryl methyl sites for hydroxylation is 3. The van der Waals surface area contributed by atoms with E-state index in [1.807, 2.05) is 18.2 Å². The van der Waals surface area contributed by atoms with Gasteiger partial charge < -0.3 is 5.32 Å². The minimum absolute atomic E-state index is 0.132. The first-order chi connectivity index (χ1) is 13.0. The number of nitrogens with zero attached hydrogens (tertiary/aromatic N) is 3. The summed E-state index contributed by atoms with van der Waals surface area (Å²) in [6, 6.07) is 13.5. The molecule has 0 aliphatic rings. The van der Waals surface area contributed by atoms with Crippen molar-refractivity contribution in [1.82, 2.24) is 20.4 Å². The number of rotatable bonds is 8. The van der Waals surface area contributed by atoms with E-state index in [0.717, 1.165) is 19.4 Å². The van der Waals surface area contributed by atoms with Crippen molar-refractivity contribution >= 4 is 21.7 Å². The average Bonchev–Trinajstić information content (AvgIpc) is 3.00. The Morgan fingerprint density at radius 3 is 2.33 bits per heavy atom. The van der Waals surface area contributed by atoms with Crippen molar-refractivity contribution in [3.05, 3.63) is 59.4 Å². The predicted octanol–water partition coefficient (Wildman–Crippen LogP) is 2.66. The SMILES string of the molecule is Cc1n[nH]c(C)c1S(=O)(=O)Nc1ccc(NCCCc2ccccc2)nn1. The van der Waals surface area contributed by atoms with E-state index in [4.69, 9.17) is 0 Å². The molecule has 0 aliphatic carbocycles. The van der Waals surface area contributed by atoms with Crippen LogP contribution in [0.3, 0.4) is 0 Å². The Hall–Kier alpha value is -2.94. The Kier molecular flexibility index (Phi) is 5.70. The third kappa shape index (κ3) is 4.82. The highest BCUT2D eigenvalue weighted by Gasteiger charge is 2.22. The molecule has 0 unspecified atom stereocenters. The Morgan fingerprint density at radius 2 is 1.70 bits per heavy atom. The smallest absolute Gasteiger partial charge is 0.266 e. The summed E-state index contributed by atoms with van der Waals surface area (Å²) >= 11 is 0. The summed E-state index contributed by atoms with van der Waals surface area (Å²) < 4.78 is 27.4. The summed E-state index contributed by atoms with van der Waals surface area (Å²) in [5.41, 5.74) is 2.18. The molecule has 3 N–H and O–H groups in total. The number of hydrogen-bond acceptors (Lipinski definition) is 6. The van der Waals surface area contributed by atoms with Crippen LogP contribution in [0.1, 0.15) is 23.4 Å². The summed E-state index contributed by atoms with van der Waals surface area (Å²) in [6.45, 7) is 4.04. The van der Waals surface area contributed by atoms with Gasteiger partial charge in [0.25, 0.3) is 10.0 Å². The molecule has 3 aromatic rings. The van der Waals surface area contributed by atoms with Crippen LogP contribution in [0, 0.1) is 13.8 Å². The highest BCUT2D eigenvalue weighted by atomic mass is 32.2. The number of benzene rings is 1. The zero-order chi connectivity index (χ0) is 19.3. The van der Waals surface area contributed by atoms with Gasteiger partial charge in [-0.25, -0.2) is 8.42 Å². The van der Waals surface area contributed by atoms with Gasteiger partial charge in [-0.2, -0.15) is 5.10 Å². The van der Waals surface area contributed by atoms with Crippen LogP contribution in [0.25, 0.3) is 0 Å². The molecule has 0 radical (unpaired) electrons. The molecule has 0 bridgehead atoms. The summed E-state index contributed by atoms with van der Waals surface area (Å²) in [6.07, 6.45) is 1.93. The first kappa shape index (κ1) is 18.8. The second kappa shape index (κ2) is 8.17. The van der Waals surface area contributed by atoms with Crippen LogP contribution in [0.15, 0.2) is 47.4 Å².